The molecule has 1 heterocycles. The van der Waals surface area contributed by atoms with Crippen LogP contribution in [0, 0.1) is 0 Å². The molecule has 1 rings (SSSR count). The van der Waals surface area contributed by atoms with E-state index in [1.807, 2.05) is 4.98 Å². The minimum Gasteiger partial charge on any atom is -0.321 e. The molecule has 0 bridgehead atoms. The summed E-state index contributed by atoms with van der Waals surface area (Å²) in [5.74, 6) is -0.368. The van der Waals surface area contributed by atoms with Gasteiger partial charge in [0.1, 0.15) is 5.69 Å². The molecular weight excluding hydrogens is 162 g/mol. The number of carbonyl (C=O) groups is 1. The monoisotopic (exact) mass is 169 g/mol. The molecule has 0 atom stereocenters. The lowest BCUT2D eigenvalue weighted by atomic mass is 10.5. The molecule has 12 heavy (non-hydrogen) atoms. The van der Waals surface area contributed by atoms with Gasteiger partial charge in [-0.25, -0.2) is 4.79 Å². The first-order valence-electron chi connectivity index (χ1n) is 3.19. The lowest BCUT2D eigenvalue weighted by Crippen LogP contribution is -2.25. The van der Waals surface area contributed by atoms with Gasteiger partial charge in [0.05, 0.1) is 0 Å². The number of aromatic amines is 2. The van der Waals surface area contributed by atoms with Crippen LogP contribution in [0.1, 0.15) is 6.92 Å². The molecule has 0 spiro atoms. The number of amides is 1. The second-order valence-corrected chi connectivity index (χ2v) is 2.17. The van der Waals surface area contributed by atoms with Crippen LogP contribution in [-0.2, 0) is 4.79 Å². The van der Waals surface area contributed by atoms with Gasteiger partial charge in [-0.05, 0) is 0 Å². The topological polar surface area (TPSA) is 94.8 Å². The second kappa shape index (κ2) is 3.04. The summed E-state index contributed by atoms with van der Waals surface area (Å²) in [6, 6.07) is 0. The van der Waals surface area contributed by atoms with Gasteiger partial charge in [0.15, 0.2) is 0 Å². The van der Waals surface area contributed by atoms with Crippen LogP contribution in [0.4, 0.5) is 5.69 Å². The van der Waals surface area contributed by atoms with Crippen LogP contribution in [0.5, 0.6) is 0 Å². The van der Waals surface area contributed by atoms with E-state index in [1.54, 1.807) is 0 Å². The van der Waals surface area contributed by atoms with Crippen LogP contribution in [0.3, 0.4) is 0 Å². The molecule has 0 unspecified atom stereocenters. The number of H-pyrrole nitrogens is 2. The molecule has 1 amide bonds. The lowest BCUT2D eigenvalue weighted by molar-refractivity contribution is -0.114. The highest BCUT2D eigenvalue weighted by Gasteiger charge is 1.99. The number of anilines is 1. The fourth-order valence-electron chi connectivity index (χ4n) is 0.692. The lowest BCUT2D eigenvalue weighted by Gasteiger charge is -1.97. The summed E-state index contributed by atoms with van der Waals surface area (Å²) in [6.07, 6.45) is 1.14. The Balaban J connectivity index is 3.10. The van der Waals surface area contributed by atoms with Crippen molar-refractivity contribution in [1.29, 1.82) is 0 Å². The predicted octanol–water partition coefficient (Wildman–Crippen LogP) is -0.978. The second-order valence-electron chi connectivity index (χ2n) is 2.17. The fourth-order valence-corrected chi connectivity index (χ4v) is 0.692. The third kappa shape index (κ3) is 1.82. The summed E-state index contributed by atoms with van der Waals surface area (Å²) in [4.78, 5) is 36.1. The quantitative estimate of drug-likeness (QED) is 0.504. The van der Waals surface area contributed by atoms with Gasteiger partial charge in [0.2, 0.25) is 5.91 Å². The molecule has 64 valence electrons. The Morgan fingerprint density at radius 1 is 1.50 bits per heavy atom. The van der Waals surface area contributed by atoms with Crippen LogP contribution in [0.25, 0.3) is 0 Å². The normalized spacial score (nSPS) is 9.42. The van der Waals surface area contributed by atoms with E-state index in [1.165, 1.54) is 6.92 Å². The minimum atomic E-state index is -0.617. The van der Waals surface area contributed by atoms with E-state index >= 15 is 0 Å². The van der Waals surface area contributed by atoms with Gasteiger partial charge in [-0.1, -0.05) is 0 Å². The van der Waals surface area contributed by atoms with Gasteiger partial charge in [-0.15, -0.1) is 0 Å². The van der Waals surface area contributed by atoms with Crippen molar-refractivity contribution in [3.8, 4) is 0 Å². The van der Waals surface area contributed by atoms with E-state index in [-0.39, 0.29) is 11.6 Å². The Morgan fingerprint density at radius 3 is 2.67 bits per heavy atom. The van der Waals surface area contributed by atoms with Crippen molar-refractivity contribution >= 4 is 11.6 Å². The van der Waals surface area contributed by atoms with Gasteiger partial charge in [0.25, 0.3) is 5.56 Å². The summed E-state index contributed by atoms with van der Waals surface area (Å²) >= 11 is 0. The molecule has 6 nitrogen and oxygen atoms in total. The Morgan fingerprint density at radius 2 is 2.17 bits per heavy atom. The Bertz CT molecular complexity index is 403. The van der Waals surface area contributed by atoms with Gasteiger partial charge >= 0.3 is 5.69 Å². The van der Waals surface area contributed by atoms with Crippen molar-refractivity contribution in [2.24, 2.45) is 0 Å². The van der Waals surface area contributed by atoms with Crippen LogP contribution < -0.4 is 16.6 Å². The zero-order valence-electron chi connectivity index (χ0n) is 6.30. The van der Waals surface area contributed by atoms with Crippen molar-refractivity contribution in [2.75, 3.05) is 5.32 Å². The molecule has 3 N–H and O–H groups in total. The van der Waals surface area contributed by atoms with Crippen LogP contribution >= 0.6 is 0 Å². The highest BCUT2D eigenvalue weighted by Crippen LogP contribution is 1.90. The first kappa shape index (κ1) is 8.25. The predicted molar refractivity (Wildman–Crippen MR) is 42.0 cm³/mol. The third-order valence-electron chi connectivity index (χ3n) is 1.13. The summed E-state index contributed by atoms with van der Waals surface area (Å²) in [5.41, 5.74) is -1.19. The van der Waals surface area contributed by atoms with Crippen molar-refractivity contribution in [1.82, 2.24) is 9.97 Å². The molecule has 0 aliphatic carbocycles. The SMILES string of the molecule is CC(=O)Nc1c[nH]c(=O)[nH]c1=O. The highest BCUT2D eigenvalue weighted by molar-refractivity contribution is 5.88. The molecular formula is C6H7N3O3. The van der Waals surface area contributed by atoms with Gasteiger partial charge in [-0.2, -0.15) is 0 Å². The van der Waals surface area contributed by atoms with Crippen molar-refractivity contribution in [2.45, 2.75) is 6.92 Å². The van der Waals surface area contributed by atoms with Crippen molar-refractivity contribution in [3.63, 3.8) is 0 Å². The number of nitrogens with one attached hydrogen (secondary N) is 3. The molecule has 1 aromatic heterocycles. The maximum atomic E-state index is 10.9. The van der Waals surface area contributed by atoms with Crippen molar-refractivity contribution < 1.29 is 4.79 Å². The first-order valence-corrected chi connectivity index (χ1v) is 3.19. The average Bonchev–Trinajstić information content (AvgIpc) is 1.94. The zero-order chi connectivity index (χ0) is 9.14. The van der Waals surface area contributed by atoms with Gasteiger partial charge in [0, 0.05) is 13.1 Å². The van der Waals surface area contributed by atoms with Gasteiger partial charge < -0.3 is 10.3 Å². The number of hydrogen-bond acceptors (Lipinski definition) is 3. The van der Waals surface area contributed by atoms with Crippen LogP contribution in [-0.4, -0.2) is 15.9 Å². The van der Waals surface area contributed by atoms with E-state index in [2.05, 4.69) is 10.3 Å². The molecule has 0 aliphatic rings. The first-order chi connectivity index (χ1) is 5.59. The molecule has 0 saturated heterocycles. The van der Waals surface area contributed by atoms with Crippen LogP contribution in [0.2, 0.25) is 0 Å². The Kier molecular flexibility index (Phi) is 2.09. The van der Waals surface area contributed by atoms with Crippen LogP contribution in [0.15, 0.2) is 15.8 Å². The van der Waals surface area contributed by atoms with Gasteiger partial charge in [-0.3, -0.25) is 14.6 Å². The average molecular weight is 169 g/mol. The molecule has 0 radical (unpaired) electrons. The van der Waals surface area contributed by atoms with E-state index in [0.717, 1.165) is 6.20 Å². The van der Waals surface area contributed by atoms with E-state index in [4.69, 9.17) is 0 Å². The Labute approximate surface area is 66.6 Å². The third-order valence-corrected chi connectivity index (χ3v) is 1.13. The number of hydrogen-bond donors (Lipinski definition) is 3. The van der Waals surface area contributed by atoms with E-state index < -0.39 is 11.2 Å². The standard InChI is InChI=1S/C6H7N3O3/c1-3(10)8-4-2-7-6(12)9-5(4)11/h2H,1H3,(H,8,10)(H2,7,9,11,12). The summed E-state index contributed by atoms with van der Waals surface area (Å²) in [5, 5.41) is 2.25. The molecule has 6 heteroatoms. The van der Waals surface area contributed by atoms with E-state index in [9.17, 15) is 14.4 Å². The summed E-state index contributed by atoms with van der Waals surface area (Å²) in [6.45, 7) is 1.27. The number of aromatic nitrogens is 2. The molecule has 0 fully saturated rings. The zero-order valence-corrected chi connectivity index (χ0v) is 6.30. The molecule has 0 saturated carbocycles. The maximum absolute atomic E-state index is 10.9. The fraction of sp³-hybridized carbons (Fsp3) is 0.167. The summed E-state index contributed by atoms with van der Waals surface area (Å²) < 4.78 is 0. The minimum absolute atomic E-state index is 0.0297. The van der Waals surface area contributed by atoms with E-state index in [0.29, 0.717) is 0 Å². The smallest absolute Gasteiger partial charge is 0.321 e. The maximum Gasteiger partial charge on any atom is 0.325 e. The molecule has 0 aromatic carbocycles. The largest absolute Gasteiger partial charge is 0.325 e. The Hall–Kier alpha value is -1.85. The molecule has 1 aromatic rings. The molecule has 0 aliphatic heterocycles. The highest BCUT2D eigenvalue weighted by atomic mass is 16.2. The summed E-state index contributed by atoms with van der Waals surface area (Å²) in [7, 11) is 0. The number of rotatable bonds is 1. The van der Waals surface area contributed by atoms with Crippen molar-refractivity contribution in [3.05, 3.63) is 27.0 Å². The number of carbonyl (C=O) groups excluding carboxylic acids is 1.